The predicted molar refractivity (Wildman–Crippen MR) is 140 cm³/mol. The number of anilines is 1. The SMILES string of the molecule is Cc1ccc(-n2cc(-c3ccc(Cl)cc3)nc2NC(=O)CN(CC2CCCO2)C(=O)C2CC2)cc1C. The van der Waals surface area contributed by atoms with Crippen molar-refractivity contribution in [2.45, 2.75) is 45.6 Å². The van der Waals surface area contributed by atoms with Gasteiger partial charge in [0.25, 0.3) is 0 Å². The fraction of sp³-hybridized carbons (Fsp3) is 0.393. The summed E-state index contributed by atoms with van der Waals surface area (Å²) in [6.07, 6.45) is 5.59. The number of carbonyl (C=O) groups is 2. The minimum absolute atomic E-state index is 0.00507. The average Bonchev–Trinajstić information content (AvgIpc) is 3.43. The number of hydrogen-bond donors (Lipinski definition) is 1. The molecule has 2 aliphatic rings. The molecule has 8 heteroatoms. The minimum Gasteiger partial charge on any atom is -0.376 e. The average molecular weight is 507 g/mol. The number of nitrogens with zero attached hydrogens (tertiary/aromatic N) is 3. The summed E-state index contributed by atoms with van der Waals surface area (Å²) >= 11 is 6.07. The van der Waals surface area contributed by atoms with Gasteiger partial charge in [0.15, 0.2) is 0 Å². The fourth-order valence-electron chi connectivity index (χ4n) is 4.49. The molecule has 1 aromatic heterocycles. The van der Waals surface area contributed by atoms with Crippen LogP contribution >= 0.6 is 11.6 Å². The maximum absolute atomic E-state index is 13.2. The van der Waals surface area contributed by atoms with Crippen molar-refractivity contribution in [3.8, 4) is 16.9 Å². The van der Waals surface area contributed by atoms with Crippen LogP contribution in [0.25, 0.3) is 16.9 Å². The van der Waals surface area contributed by atoms with Crippen LogP contribution in [-0.2, 0) is 14.3 Å². The topological polar surface area (TPSA) is 76.5 Å². The molecule has 7 nitrogen and oxygen atoms in total. The van der Waals surface area contributed by atoms with E-state index < -0.39 is 0 Å². The van der Waals surface area contributed by atoms with Crippen molar-refractivity contribution in [3.63, 3.8) is 0 Å². The Morgan fingerprint density at radius 2 is 1.89 bits per heavy atom. The van der Waals surface area contributed by atoms with Crippen LogP contribution in [0, 0.1) is 19.8 Å². The molecule has 3 aromatic rings. The first-order valence-corrected chi connectivity index (χ1v) is 12.9. The molecule has 1 aliphatic carbocycles. The molecule has 188 valence electrons. The second kappa shape index (κ2) is 10.4. The van der Waals surface area contributed by atoms with E-state index in [-0.39, 0.29) is 30.4 Å². The summed E-state index contributed by atoms with van der Waals surface area (Å²) in [6, 6.07) is 13.6. The Balaban J connectivity index is 1.41. The molecule has 2 amide bonds. The third-order valence-corrected chi connectivity index (χ3v) is 7.14. The van der Waals surface area contributed by atoms with E-state index in [1.54, 1.807) is 4.90 Å². The van der Waals surface area contributed by atoms with Crippen LogP contribution in [0.2, 0.25) is 5.02 Å². The molecule has 1 unspecified atom stereocenters. The lowest BCUT2D eigenvalue weighted by atomic mass is 10.1. The number of amides is 2. The summed E-state index contributed by atoms with van der Waals surface area (Å²) in [5.41, 5.74) is 4.83. The van der Waals surface area contributed by atoms with E-state index in [9.17, 15) is 9.59 Å². The highest BCUT2D eigenvalue weighted by molar-refractivity contribution is 6.30. The summed E-state index contributed by atoms with van der Waals surface area (Å²) < 4.78 is 7.62. The monoisotopic (exact) mass is 506 g/mol. The molecular formula is C28H31ClN4O3. The van der Waals surface area contributed by atoms with Crippen molar-refractivity contribution >= 4 is 29.4 Å². The smallest absolute Gasteiger partial charge is 0.246 e. The number of rotatable bonds is 8. The number of carbonyl (C=O) groups excluding carboxylic acids is 2. The first kappa shape index (κ1) is 24.5. The van der Waals surface area contributed by atoms with Gasteiger partial charge in [-0.15, -0.1) is 0 Å². The molecule has 2 heterocycles. The lowest BCUT2D eigenvalue weighted by Crippen LogP contribution is -2.43. The highest BCUT2D eigenvalue weighted by atomic mass is 35.5. The molecule has 2 aromatic carbocycles. The summed E-state index contributed by atoms with van der Waals surface area (Å²) in [4.78, 5) is 32.5. The Labute approximate surface area is 216 Å². The maximum atomic E-state index is 13.2. The first-order valence-electron chi connectivity index (χ1n) is 12.5. The molecule has 1 N–H and O–H groups in total. The van der Waals surface area contributed by atoms with Crippen molar-refractivity contribution in [3.05, 3.63) is 64.8 Å². The van der Waals surface area contributed by atoms with Gasteiger partial charge >= 0.3 is 0 Å². The molecule has 0 spiro atoms. The molecule has 1 saturated heterocycles. The second-order valence-electron chi connectivity index (χ2n) is 9.77. The Bertz CT molecular complexity index is 1260. The van der Waals surface area contributed by atoms with Crippen LogP contribution in [0.1, 0.15) is 36.8 Å². The van der Waals surface area contributed by atoms with Gasteiger partial charge in [-0.25, -0.2) is 4.98 Å². The maximum Gasteiger partial charge on any atom is 0.246 e. The third kappa shape index (κ3) is 5.63. The zero-order valence-corrected chi connectivity index (χ0v) is 21.4. The number of aryl methyl sites for hydroxylation is 2. The zero-order chi connectivity index (χ0) is 25.2. The van der Waals surface area contributed by atoms with E-state index in [1.807, 2.05) is 41.1 Å². The van der Waals surface area contributed by atoms with Gasteiger partial charge in [0, 0.05) is 41.5 Å². The first-order chi connectivity index (χ1) is 17.4. The van der Waals surface area contributed by atoms with E-state index in [1.165, 1.54) is 5.56 Å². The van der Waals surface area contributed by atoms with Gasteiger partial charge in [0.1, 0.15) is 6.54 Å². The minimum atomic E-state index is -0.277. The second-order valence-corrected chi connectivity index (χ2v) is 10.2. The summed E-state index contributed by atoms with van der Waals surface area (Å²) in [5, 5.41) is 3.61. The number of nitrogens with one attached hydrogen (secondary N) is 1. The molecule has 1 atom stereocenters. The largest absolute Gasteiger partial charge is 0.376 e. The van der Waals surface area contributed by atoms with Crippen molar-refractivity contribution in [1.82, 2.24) is 14.5 Å². The number of benzene rings is 2. The third-order valence-electron chi connectivity index (χ3n) is 6.89. The van der Waals surface area contributed by atoms with Gasteiger partial charge in [0.05, 0.1) is 11.8 Å². The highest BCUT2D eigenvalue weighted by Gasteiger charge is 2.35. The van der Waals surface area contributed by atoms with E-state index in [0.29, 0.717) is 29.8 Å². The van der Waals surface area contributed by atoms with Gasteiger partial charge < -0.3 is 9.64 Å². The molecule has 1 aliphatic heterocycles. The molecule has 2 fully saturated rings. The molecule has 5 rings (SSSR count). The van der Waals surface area contributed by atoms with Crippen LogP contribution in [-0.4, -0.2) is 52.1 Å². The fourth-order valence-corrected chi connectivity index (χ4v) is 4.62. The standard InChI is InChI=1S/C28H31ClN4O3/c1-18-5-12-23(14-19(18)2)33-16-25(20-8-10-22(29)11-9-20)30-28(33)31-26(34)17-32(27(35)21-6-7-21)15-24-4-3-13-36-24/h5,8-12,14,16,21,24H,3-4,6-7,13,15,17H2,1-2H3,(H,30,31,34). The predicted octanol–water partition coefficient (Wildman–Crippen LogP) is 5.17. The Morgan fingerprint density at radius 1 is 1.11 bits per heavy atom. The molecule has 36 heavy (non-hydrogen) atoms. The molecule has 0 radical (unpaired) electrons. The van der Waals surface area contributed by atoms with Gasteiger partial charge in [-0.2, -0.15) is 0 Å². The van der Waals surface area contributed by atoms with Gasteiger partial charge in [0.2, 0.25) is 17.8 Å². The summed E-state index contributed by atoms with van der Waals surface area (Å²) in [7, 11) is 0. The normalized spacial score (nSPS) is 17.2. The lowest BCUT2D eigenvalue weighted by Gasteiger charge is -2.25. The molecule has 0 bridgehead atoms. The number of aromatic nitrogens is 2. The Kier molecular flexibility index (Phi) is 7.12. The Hall–Kier alpha value is -3.16. The van der Waals surface area contributed by atoms with Crippen LogP contribution in [0.5, 0.6) is 0 Å². The quantitative estimate of drug-likeness (QED) is 0.457. The molecular weight excluding hydrogens is 476 g/mol. The van der Waals surface area contributed by atoms with Crippen LogP contribution in [0.4, 0.5) is 5.95 Å². The van der Waals surface area contributed by atoms with Gasteiger partial charge in [-0.05, 0) is 74.9 Å². The molecule has 1 saturated carbocycles. The van der Waals surface area contributed by atoms with Crippen molar-refractivity contribution in [2.24, 2.45) is 5.92 Å². The van der Waals surface area contributed by atoms with E-state index in [0.717, 1.165) is 42.5 Å². The number of halogens is 1. The van der Waals surface area contributed by atoms with Crippen LogP contribution < -0.4 is 5.32 Å². The van der Waals surface area contributed by atoms with Gasteiger partial charge in [-0.3, -0.25) is 19.5 Å². The summed E-state index contributed by atoms with van der Waals surface area (Å²) in [5.74, 6) is 0.206. The number of ether oxygens (including phenoxy) is 1. The number of hydrogen-bond acceptors (Lipinski definition) is 4. The Morgan fingerprint density at radius 3 is 2.56 bits per heavy atom. The lowest BCUT2D eigenvalue weighted by molar-refractivity contribution is -0.137. The van der Waals surface area contributed by atoms with E-state index in [2.05, 4.69) is 31.3 Å². The van der Waals surface area contributed by atoms with Crippen molar-refractivity contribution < 1.29 is 14.3 Å². The highest BCUT2D eigenvalue weighted by Crippen LogP contribution is 2.32. The van der Waals surface area contributed by atoms with Crippen LogP contribution in [0.15, 0.2) is 48.7 Å². The van der Waals surface area contributed by atoms with Crippen molar-refractivity contribution in [2.75, 3.05) is 25.0 Å². The zero-order valence-electron chi connectivity index (χ0n) is 20.7. The number of imidazole rings is 1. The van der Waals surface area contributed by atoms with Crippen LogP contribution in [0.3, 0.4) is 0 Å². The summed E-state index contributed by atoms with van der Waals surface area (Å²) in [6.45, 7) is 5.26. The van der Waals surface area contributed by atoms with Crippen molar-refractivity contribution in [1.29, 1.82) is 0 Å². The van der Waals surface area contributed by atoms with Gasteiger partial charge in [-0.1, -0.05) is 29.8 Å². The van der Waals surface area contributed by atoms with E-state index in [4.69, 9.17) is 21.3 Å². The van der Waals surface area contributed by atoms with E-state index >= 15 is 0 Å².